The molecule has 0 fully saturated rings. The zero-order valence-corrected chi connectivity index (χ0v) is 35.3. The molecule has 0 aliphatic heterocycles. The first-order valence-electron chi connectivity index (χ1n) is 22.1. The number of ether oxygens (including phenoxy) is 1. The van der Waals surface area contributed by atoms with E-state index in [2.05, 4.69) is 50.4 Å². The van der Waals surface area contributed by atoms with Crippen molar-refractivity contribution in [2.24, 2.45) is 0 Å². The van der Waals surface area contributed by atoms with Gasteiger partial charge in [-0.05, 0) is 57.8 Å². The average molecular weight is 764 g/mol. The van der Waals surface area contributed by atoms with Crippen LogP contribution in [0.25, 0.3) is 0 Å². The molecule has 6 heteroatoms. The number of hydrogen-bond donors (Lipinski definition) is 3. The Kier molecular flexibility index (Phi) is 39.5. The molecule has 3 atom stereocenters. The molecule has 0 bridgehead atoms. The first kappa shape index (κ1) is 51.8. The van der Waals surface area contributed by atoms with Gasteiger partial charge in [0, 0.05) is 6.42 Å². The molecule has 0 aliphatic rings. The molecule has 0 radical (unpaired) electrons. The molecule has 0 aliphatic carbocycles. The zero-order chi connectivity index (χ0) is 40.3. The molecule has 0 rings (SSSR count). The van der Waals surface area contributed by atoms with Crippen molar-refractivity contribution in [2.45, 2.75) is 193 Å². The average Bonchev–Trinajstić information content (AvgIpc) is 3.18. The fourth-order valence-corrected chi connectivity index (χ4v) is 6.04. The van der Waals surface area contributed by atoms with Crippen molar-refractivity contribution in [1.82, 2.24) is 5.32 Å². The Labute approximate surface area is 337 Å². The second-order valence-corrected chi connectivity index (χ2v) is 14.5. The lowest BCUT2D eigenvalue weighted by atomic mass is 10.0. The number of unbranched alkanes of at least 4 members (excludes halogenated alkanes) is 15. The fourth-order valence-electron chi connectivity index (χ4n) is 6.04. The topological polar surface area (TPSA) is 95.9 Å². The van der Waals surface area contributed by atoms with Gasteiger partial charge in [-0.15, -0.1) is 0 Å². The largest absolute Gasteiger partial charge is 0.462 e. The minimum Gasteiger partial charge on any atom is -0.462 e. The second kappa shape index (κ2) is 41.9. The Hall–Kier alpha value is -3.22. The van der Waals surface area contributed by atoms with E-state index in [0.29, 0.717) is 19.3 Å². The molecular formula is C49H81NO5. The molecule has 3 unspecified atom stereocenters. The first-order valence-corrected chi connectivity index (χ1v) is 22.1. The number of allylic oxidation sites excluding steroid dienone is 16. The second-order valence-electron chi connectivity index (χ2n) is 14.5. The first-order chi connectivity index (χ1) is 27.0. The van der Waals surface area contributed by atoms with Crippen LogP contribution in [0.2, 0.25) is 0 Å². The van der Waals surface area contributed by atoms with Crippen molar-refractivity contribution < 1.29 is 24.5 Å². The van der Waals surface area contributed by atoms with Crippen molar-refractivity contribution in [3.8, 4) is 0 Å². The summed E-state index contributed by atoms with van der Waals surface area (Å²) in [7, 11) is 0. The third-order valence-electron chi connectivity index (χ3n) is 9.35. The van der Waals surface area contributed by atoms with Crippen molar-refractivity contribution in [1.29, 1.82) is 0 Å². The molecular weight excluding hydrogens is 683 g/mol. The van der Waals surface area contributed by atoms with E-state index in [4.69, 9.17) is 4.74 Å². The van der Waals surface area contributed by atoms with Gasteiger partial charge in [0.25, 0.3) is 0 Å². The monoisotopic (exact) mass is 764 g/mol. The van der Waals surface area contributed by atoms with E-state index < -0.39 is 18.2 Å². The Balaban J connectivity index is 4.76. The van der Waals surface area contributed by atoms with Gasteiger partial charge in [-0.25, -0.2) is 0 Å². The van der Waals surface area contributed by atoms with Crippen LogP contribution in [0.5, 0.6) is 0 Å². The van der Waals surface area contributed by atoms with E-state index in [1.165, 1.54) is 57.8 Å². The molecule has 3 N–H and O–H groups in total. The minimum absolute atomic E-state index is 0.00957. The molecule has 0 saturated carbocycles. The highest BCUT2D eigenvalue weighted by molar-refractivity contribution is 5.77. The van der Waals surface area contributed by atoms with Gasteiger partial charge in [0.05, 0.1) is 25.2 Å². The van der Waals surface area contributed by atoms with E-state index in [1.54, 1.807) is 0 Å². The maximum absolute atomic E-state index is 13.1. The lowest BCUT2D eigenvalue weighted by molar-refractivity contribution is -0.151. The van der Waals surface area contributed by atoms with Crippen molar-refractivity contribution in [3.05, 3.63) is 97.2 Å². The Morgan fingerprint density at radius 1 is 0.545 bits per heavy atom. The number of hydrogen-bond acceptors (Lipinski definition) is 5. The quantitative estimate of drug-likeness (QED) is 0.0333. The van der Waals surface area contributed by atoms with E-state index in [9.17, 15) is 19.8 Å². The molecule has 0 aromatic heterocycles. The van der Waals surface area contributed by atoms with Crippen molar-refractivity contribution in [3.63, 3.8) is 0 Å². The summed E-state index contributed by atoms with van der Waals surface area (Å²) < 4.78 is 5.83. The lowest BCUT2D eigenvalue weighted by Gasteiger charge is -2.24. The zero-order valence-electron chi connectivity index (χ0n) is 35.3. The van der Waals surface area contributed by atoms with Crippen molar-refractivity contribution >= 4 is 11.9 Å². The van der Waals surface area contributed by atoms with Crippen molar-refractivity contribution in [2.75, 3.05) is 6.61 Å². The highest BCUT2D eigenvalue weighted by Gasteiger charge is 2.23. The highest BCUT2D eigenvalue weighted by Crippen LogP contribution is 2.16. The summed E-state index contributed by atoms with van der Waals surface area (Å²) in [6.45, 7) is 6.13. The summed E-state index contributed by atoms with van der Waals surface area (Å²) in [6, 6.07) is -0.734. The van der Waals surface area contributed by atoms with Crippen LogP contribution >= 0.6 is 0 Å². The molecule has 312 valence electrons. The summed E-state index contributed by atoms with van der Waals surface area (Å²) in [5, 5.41) is 23.6. The molecule has 6 nitrogen and oxygen atoms in total. The number of amides is 1. The van der Waals surface area contributed by atoms with Crippen LogP contribution in [0.4, 0.5) is 0 Å². The molecule has 0 aromatic rings. The highest BCUT2D eigenvalue weighted by atomic mass is 16.5. The van der Waals surface area contributed by atoms with Gasteiger partial charge in [0.2, 0.25) is 5.91 Å². The predicted octanol–water partition coefficient (Wildman–Crippen LogP) is 12.6. The van der Waals surface area contributed by atoms with Gasteiger partial charge >= 0.3 is 5.97 Å². The van der Waals surface area contributed by atoms with Gasteiger partial charge in [0.1, 0.15) is 6.10 Å². The maximum atomic E-state index is 13.1. The number of aliphatic hydroxyl groups is 2. The maximum Gasteiger partial charge on any atom is 0.306 e. The van der Waals surface area contributed by atoms with Gasteiger partial charge in [0.15, 0.2) is 0 Å². The molecule has 0 spiro atoms. The van der Waals surface area contributed by atoms with E-state index >= 15 is 0 Å². The van der Waals surface area contributed by atoms with Crippen LogP contribution < -0.4 is 5.32 Å². The van der Waals surface area contributed by atoms with Crippen LogP contribution in [-0.2, 0) is 14.3 Å². The third kappa shape index (κ3) is 37.5. The molecule has 55 heavy (non-hydrogen) atoms. The SMILES string of the molecule is CC/C=C/C=C/C=C\C=C/CCCCCC(=O)OC(CCC\C=C/C=C\C=C\C=C\CC)CC(=O)NC(CO)C(O)CCCCCCCCCCCCCC. The summed E-state index contributed by atoms with van der Waals surface area (Å²) in [5.41, 5.74) is 0. The predicted molar refractivity (Wildman–Crippen MR) is 236 cm³/mol. The van der Waals surface area contributed by atoms with Crippen LogP contribution in [0.1, 0.15) is 175 Å². The number of carbonyl (C=O) groups is 2. The summed E-state index contributed by atoms with van der Waals surface area (Å²) in [4.78, 5) is 25.9. The number of rotatable bonds is 37. The minimum atomic E-state index is -0.815. The van der Waals surface area contributed by atoms with E-state index in [-0.39, 0.29) is 24.9 Å². The van der Waals surface area contributed by atoms with Crippen LogP contribution in [0.15, 0.2) is 97.2 Å². The van der Waals surface area contributed by atoms with Crippen LogP contribution in [0, 0.1) is 0 Å². The number of carbonyl (C=O) groups excluding carboxylic acids is 2. The number of esters is 1. The number of aliphatic hydroxyl groups excluding tert-OH is 2. The Bertz CT molecular complexity index is 1130. The Morgan fingerprint density at radius 2 is 1.00 bits per heavy atom. The van der Waals surface area contributed by atoms with Crippen LogP contribution in [-0.4, -0.2) is 46.9 Å². The smallest absolute Gasteiger partial charge is 0.306 e. The molecule has 0 aromatic carbocycles. The van der Waals surface area contributed by atoms with Crippen LogP contribution in [0.3, 0.4) is 0 Å². The van der Waals surface area contributed by atoms with Gasteiger partial charge < -0.3 is 20.3 Å². The van der Waals surface area contributed by atoms with E-state index in [1.807, 2.05) is 72.9 Å². The molecule has 0 saturated heterocycles. The summed E-state index contributed by atoms with van der Waals surface area (Å²) in [6.07, 6.45) is 54.7. The third-order valence-corrected chi connectivity index (χ3v) is 9.35. The lowest BCUT2D eigenvalue weighted by Crippen LogP contribution is -2.46. The number of nitrogens with one attached hydrogen (secondary N) is 1. The Morgan fingerprint density at radius 3 is 1.51 bits per heavy atom. The molecule has 1 amide bonds. The van der Waals surface area contributed by atoms with Gasteiger partial charge in [-0.2, -0.15) is 0 Å². The van der Waals surface area contributed by atoms with Gasteiger partial charge in [-0.1, -0.05) is 201 Å². The van der Waals surface area contributed by atoms with Gasteiger partial charge in [-0.3, -0.25) is 9.59 Å². The standard InChI is InChI=1S/C49H81NO5/c1-4-7-10-13-16-19-22-24-27-30-33-36-39-42-49(54)55-45(40-37-34-31-28-25-21-18-15-12-9-6-3)43-48(53)50-46(44-51)47(52)41-38-35-32-29-26-23-20-17-14-11-8-5-2/h7,9-10,12-13,15-16,18-19,21-22,24-25,27-28,31,45-47,51-52H,4-6,8,11,14,17,20,23,26,29-30,32-44H2,1-3H3,(H,50,53)/b10-7+,12-9+,16-13+,18-15+,22-19-,25-21-,27-24-,31-28-. The molecule has 0 heterocycles. The normalized spacial score (nSPS) is 14.3. The summed E-state index contributed by atoms with van der Waals surface area (Å²) >= 11 is 0. The fraction of sp³-hybridized carbons (Fsp3) is 0.633. The summed E-state index contributed by atoms with van der Waals surface area (Å²) in [5.74, 6) is -0.602. The van der Waals surface area contributed by atoms with E-state index in [0.717, 1.165) is 70.6 Å².